The van der Waals surface area contributed by atoms with Crippen LogP contribution in [0.2, 0.25) is 0 Å². The van der Waals surface area contributed by atoms with Crippen molar-refractivity contribution in [3.05, 3.63) is 51.6 Å². The Bertz CT molecular complexity index is 492. The molecule has 4 nitrogen and oxygen atoms in total. The second-order valence-corrected chi connectivity index (χ2v) is 4.07. The van der Waals surface area contributed by atoms with E-state index in [4.69, 9.17) is 0 Å². The molecule has 0 fully saturated rings. The number of allylic oxidation sites excluding steroid dienone is 1. The summed E-state index contributed by atoms with van der Waals surface area (Å²) < 4.78 is 0. The fraction of sp³-hybridized carbons (Fsp3) is 0.308. The Balaban J connectivity index is 2.20. The number of nitro groups is 1. The first-order valence-electron chi connectivity index (χ1n) is 5.54. The first kappa shape index (κ1) is 11.5. The Hall–Kier alpha value is -1.97. The third-order valence-corrected chi connectivity index (χ3v) is 3.01. The van der Waals surface area contributed by atoms with Gasteiger partial charge in [0.2, 0.25) is 6.54 Å². The van der Waals surface area contributed by atoms with E-state index >= 15 is 0 Å². The molecule has 0 aliphatic heterocycles. The Kier molecular flexibility index (Phi) is 3.32. The molecule has 0 N–H and O–H groups in total. The molecule has 1 aromatic carbocycles. The monoisotopic (exact) mass is 230 g/mol. The highest BCUT2D eigenvalue weighted by Gasteiger charge is 2.21. The summed E-state index contributed by atoms with van der Waals surface area (Å²) in [6.45, 7) is -0.173. The average Bonchev–Trinajstić information content (AvgIpc) is 2.35. The van der Waals surface area contributed by atoms with Gasteiger partial charge in [0.15, 0.2) is 0 Å². The van der Waals surface area contributed by atoms with E-state index < -0.39 is 0 Å². The lowest BCUT2D eigenvalue weighted by molar-refractivity contribution is -0.463. The van der Waals surface area contributed by atoms with Gasteiger partial charge in [-0.1, -0.05) is 36.4 Å². The van der Waals surface area contributed by atoms with E-state index in [0.717, 1.165) is 6.42 Å². The van der Waals surface area contributed by atoms with Crippen molar-refractivity contribution >= 4 is 11.8 Å². The number of aliphatic imine (C=N–C) groups is 1. The molecule has 1 aliphatic carbocycles. The van der Waals surface area contributed by atoms with Gasteiger partial charge < -0.3 is 0 Å². The molecular formula is C13H14N2O2. The summed E-state index contributed by atoms with van der Waals surface area (Å²) in [4.78, 5) is 14.3. The Morgan fingerprint density at radius 1 is 1.53 bits per heavy atom. The Morgan fingerprint density at radius 3 is 3.00 bits per heavy atom. The van der Waals surface area contributed by atoms with Crippen LogP contribution >= 0.6 is 0 Å². The number of benzene rings is 1. The second-order valence-electron chi connectivity index (χ2n) is 4.07. The molecule has 0 spiro atoms. The van der Waals surface area contributed by atoms with Crippen molar-refractivity contribution in [2.45, 2.75) is 6.42 Å². The molecular weight excluding hydrogens is 216 g/mol. The van der Waals surface area contributed by atoms with E-state index in [-0.39, 0.29) is 17.4 Å². The number of hydrogen-bond acceptors (Lipinski definition) is 3. The molecule has 0 amide bonds. The van der Waals surface area contributed by atoms with Crippen molar-refractivity contribution in [1.29, 1.82) is 0 Å². The van der Waals surface area contributed by atoms with Crippen molar-refractivity contribution in [2.24, 2.45) is 10.9 Å². The largest absolute Gasteiger partial charge is 0.290 e. The van der Waals surface area contributed by atoms with E-state index in [9.17, 15) is 10.1 Å². The standard InChI is InChI=1S/C13H14N2O2/c1-14-13(9-15(16)17)12-7-6-10-4-2-3-5-11(10)8-12/h2-7,12H,8-9H2,1H3. The maximum Gasteiger partial charge on any atom is 0.241 e. The Morgan fingerprint density at radius 2 is 2.29 bits per heavy atom. The number of hydrogen-bond donors (Lipinski definition) is 0. The molecule has 1 atom stereocenters. The summed E-state index contributed by atoms with van der Waals surface area (Å²) in [5.41, 5.74) is 3.06. The van der Waals surface area contributed by atoms with Crippen LogP contribution in [0.1, 0.15) is 11.1 Å². The topological polar surface area (TPSA) is 55.5 Å². The van der Waals surface area contributed by atoms with Crippen LogP contribution in [-0.2, 0) is 6.42 Å². The van der Waals surface area contributed by atoms with Crippen LogP contribution < -0.4 is 0 Å². The van der Waals surface area contributed by atoms with E-state index in [1.807, 2.05) is 24.3 Å². The van der Waals surface area contributed by atoms with Crippen LogP contribution in [-0.4, -0.2) is 24.2 Å². The summed E-state index contributed by atoms with van der Waals surface area (Å²) in [5, 5.41) is 10.6. The molecule has 1 unspecified atom stereocenters. The normalized spacial score (nSPS) is 18.9. The van der Waals surface area contributed by atoms with Crippen LogP contribution in [0.3, 0.4) is 0 Å². The van der Waals surface area contributed by atoms with Crippen molar-refractivity contribution in [3.63, 3.8) is 0 Å². The third-order valence-electron chi connectivity index (χ3n) is 3.01. The number of nitrogens with zero attached hydrogens (tertiary/aromatic N) is 2. The van der Waals surface area contributed by atoms with Crippen molar-refractivity contribution in [3.8, 4) is 0 Å². The maximum atomic E-state index is 10.6. The predicted octanol–water partition coefficient (Wildman–Crippen LogP) is 2.22. The van der Waals surface area contributed by atoms with Crippen molar-refractivity contribution in [2.75, 3.05) is 13.6 Å². The van der Waals surface area contributed by atoms with E-state index in [1.54, 1.807) is 7.05 Å². The summed E-state index contributed by atoms with van der Waals surface area (Å²) in [6.07, 6.45) is 4.83. The summed E-state index contributed by atoms with van der Waals surface area (Å²) in [5.74, 6) is 0.0558. The molecule has 4 heteroatoms. The van der Waals surface area contributed by atoms with E-state index in [1.165, 1.54) is 11.1 Å². The maximum absolute atomic E-state index is 10.6. The van der Waals surface area contributed by atoms with Gasteiger partial charge in [0.05, 0.1) is 5.71 Å². The highest BCUT2D eigenvalue weighted by atomic mass is 16.6. The third kappa shape index (κ3) is 2.58. The van der Waals surface area contributed by atoms with Gasteiger partial charge in [0.1, 0.15) is 0 Å². The van der Waals surface area contributed by atoms with Gasteiger partial charge in [-0.15, -0.1) is 0 Å². The lowest BCUT2D eigenvalue weighted by Crippen LogP contribution is -2.25. The highest BCUT2D eigenvalue weighted by molar-refractivity contribution is 5.90. The minimum Gasteiger partial charge on any atom is -0.290 e. The fourth-order valence-corrected chi connectivity index (χ4v) is 2.12. The summed E-state index contributed by atoms with van der Waals surface area (Å²) in [6, 6.07) is 8.10. The van der Waals surface area contributed by atoms with Gasteiger partial charge in [-0.25, -0.2) is 0 Å². The van der Waals surface area contributed by atoms with E-state index in [0.29, 0.717) is 5.71 Å². The Labute approximate surface area is 99.8 Å². The summed E-state index contributed by atoms with van der Waals surface area (Å²) >= 11 is 0. The first-order valence-corrected chi connectivity index (χ1v) is 5.54. The molecule has 0 saturated heterocycles. The number of rotatable bonds is 3. The van der Waals surface area contributed by atoms with Crippen molar-refractivity contribution < 1.29 is 4.92 Å². The van der Waals surface area contributed by atoms with Crippen LogP contribution in [0, 0.1) is 16.0 Å². The minimum absolute atomic E-state index is 0.0558. The van der Waals surface area contributed by atoms with Gasteiger partial charge in [-0.2, -0.15) is 0 Å². The molecule has 0 heterocycles. The van der Waals surface area contributed by atoms with Crippen LogP contribution in [0.4, 0.5) is 0 Å². The molecule has 1 aliphatic rings. The minimum atomic E-state index is -0.323. The van der Waals surface area contributed by atoms with Crippen LogP contribution in [0.15, 0.2) is 35.3 Å². The molecule has 1 aromatic rings. The van der Waals surface area contributed by atoms with Gasteiger partial charge in [-0.05, 0) is 17.5 Å². The fourth-order valence-electron chi connectivity index (χ4n) is 2.12. The lowest BCUT2D eigenvalue weighted by Gasteiger charge is -2.19. The average molecular weight is 230 g/mol. The lowest BCUT2D eigenvalue weighted by atomic mass is 9.86. The highest BCUT2D eigenvalue weighted by Crippen LogP contribution is 2.23. The van der Waals surface area contributed by atoms with Gasteiger partial charge in [0, 0.05) is 17.9 Å². The molecule has 2 rings (SSSR count). The SMILES string of the molecule is CN=C(C[N+](=O)[O-])C1C=Cc2ccccc2C1. The molecule has 17 heavy (non-hydrogen) atoms. The number of fused-ring (bicyclic) bond motifs is 1. The molecule has 0 bridgehead atoms. The molecule has 0 radical (unpaired) electrons. The molecule has 88 valence electrons. The molecule has 0 aromatic heterocycles. The van der Waals surface area contributed by atoms with Crippen LogP contribution in [0.5, 0.6) is 0 Å². The zero-order valence-corrected chi connectivity index (χ0v) is 9.67. The smallest absolute Gasteiger partial charge is 0.241 e. The van der Waals surface area contributed by atoms with Gasteiger partial charge in [0.25, 0.3) is 0 Å². The predicted molar refractivity (Wildman–Crippen MR) is 67.9 cm³/mol. The van der Waals surface area contributed by atoms with Crippen molar-refractivity contribution in [1.82, 2.24) is 0 Å². The first-order chi connectivity index (χ1) is 8.20. The molecule has 0 saturated carbocycles. The van der Waals surface area contributed by atoms with Gasteiger partial charge in [-0.3, -0.25) is 15.1 Å². The second kappa shape index (κ2) is 4.91. The zero-order chi connectivity index (χ0) is 12.3. The zero-order valence-electron chi connectivity index (χ0n) is 9.67. The van der Waals surface area contributed by atoms with E-state index in [2.05, 4.69) is 17.1 Å². The quantitative estimate of drug-likeness (QED) is 0.454. The summed E-state index contributed by atoms with van der Waals surface area (Å²) in [7, 11) is 1.62. The van der Waals surface area contributed by atoms with Crippen LogP contribution in [0.25, 0.3) is 6.08 Å². The van der Waals surface area contributed by atoms with Gasteiger partial charge >= 0.3 is 0 Å².